The highest BCUT2D eigenvalue weighted by Crippen LogP contribution is 2.24. The molecule has 0 aliphatic rings. The number of thioether (sulfide) groups is 1. The van der Waals surface area contributed by atoms with Crippen molar-refractivity contribution in [1.82, 2.24) is 14.9 Å². The van der Waals surface area contributed by atoms with Gasteiger partial charge in [0.2, 0.25) is 0 Å². The SMILES string of the molecule is Cc1nnsc1SC(=O)NCc1ccccc1. The molecule has 4 nitrogen and oxygen atoms in total. The van der Waals surface area contributed by atoms with Crippen molar-refractivity contribution < 1.29 is 4.79 Å². The van der Waals surface area contributed by atoms with Crippen molar-refractivity contribution in [3.05, 3.63) is 41.6 Å². The van der Waals surface area contributed by atoms with Gasteiger partial charge in [0.15, 0.2) is 0 Å². The van der Waals surface area contributed by atoms with Gasteiger partial charge in [0.05, 0.1) is 5.69 Å². The molecule has 0 atom stereocenters. The topological polar surface area (TPSA) is 54.9 Å². The largest absolute Gasteiger partial charge is 0.343 e. The Hall–Kier alpha value is -1.40. The van der Waals surface area contributed by atoms with E-state index in [1.54, 1.807) is 0 Å². The van der Waals surface area contributed by atoms with E-state index in [2.05, 4.69) is 14.9 Å². The molecule has 0 radical (unpaired) electrons. The van der Waals surface area contributed by atoms with Crippen LogP contribution in [0.15, 0.2) is 34.5 Å². The van der Waals surface area contributed by atoms with E-state index in [0.29, 0.717) is 6.54 Å². The zero-order chi connectivity index (χ0) is 12.1. The molecule has 0 fully saturated rings. The Balaban J connectivity index is 1.85. The number of amides is 1. The molecule has 1 aromatic heterocycles. The smallest absolute Gasteiger partial charge is 0.285 e. The van der Waals surface area contributed by atoms with Crippen molar-refractivity contribution in [2.45, 2.75) is 17.7 Å². The van der Waals surface area contributed by atoms with Gasteiger partial charge in [-0.05, 0) is 35.8 Å². The van der Waals surface area contributed by atoms with Crippen LogP contribution in [0.3, 0.4) is 0 Å². The van der Waals surface area contributed by atoms with Crippen molar-refractivity contribution in [2.24, 2.45) is 0 Å². The fourth-order valence-corrected chi connectivity index (χ4v) is 2.60. The zero-order valence-electron chi connectivity index (χ0n) is 9.21. The standard InChI is InChI=1S/C11H11N3OS2/c1-8-10(17-14-13-8)16-11(15)12-7-9-5-3-2-4-6-9/h2-6H,7H2,1H3,(H,12,15). The molecule has 0 aliphatic carbocycles. The highest BCUT2D eigenvalue weighted by molar-refractivity contribution is 8.14. The maximum Gasteiger partial charge on any atom is 0.285 e. The molecule has 6 heteroatoms. The van der Waals surface area contributed by atoms with Crippen LogP contribution < -0.4 is 5.32 Å². The number of nitrogens with zero attached hydrogens (tertiary/aromatic N) is 2. The second-order valence-corrected chi connectivity index (χ2v) is 5.37. The number of aromatic nitrogens is 2. The van der Waals surface area contributed by atoms with Crippen LogP contribution in [0.25, 0.3) is 0 Å². The lowest BCUT2D eigenvalue weighted by molar-refractivity contribution is 0.260. The van der Waals surface area contributed by atoms with E-state index in [1.165, 1.54) is 11.5 Å². The average Bonchev–Trinajstić information content (AvgIpc) is 2.74. The van der Waals surface area contributed by atoms with E-state index in [9.17, 15) is 4.79 Å². The highest BCUT2D eigenvalue weighted by Gasteiger charge is 2.09. The van der Waals surface area contributed by atoms with Gasteiger partial charge in [-0.2, -0.15) is 0 Å². The Morgan fingerprint density at radius 1 is 1.41 bits per heavy atom. The number of benzene rings is 1. The van der Waals surface area contributed by atoms with Crippen LogP contribution >= 0.6 is 23.3 Å². The van der Waals surface area contributed by atoms with Crippen molar-refractivity contribution >= 4 is 28.5 Å². The van der Waals surface area contributed by atoms with Gasteiger partial charge in [0.25, 0.3) is 5.24 Å². The summed E-state index contributed by atoms with van der Waals surface area (Å²) in [7, 11) is 0. The number of nitrogens with one attached hydrogen (secondary N) is 1. The number of carbonyl (C=O) groups is 1. The van der Waals surface area contributed by atoms with Gasteiger partial charge in [-0.1, -0.05) is 34.8 Å². The minimum atomic E-state index is -0.0806. The van der Waals surface area contributed by atoms with Gasteiger partial charge < -0.3 is 5.32 Å². The Labute approximate surface area is 108 Å². The number of aryl methyl sites for hydroxylation is 1. The maximum atomic E-state index is 11.6. The molecule has 0 unspecified atom stereocenters. The van der Waals surface area contributed by atoms with Gasteiger partial charge in [-0.3, -0.25) is 4.79 Å². The van der Waals surface area contributed by atoms with E-state index in [4.69, 9.17) is 0 Å². The Morgan fingerprint density at radius 2 is 2.18 bits per heavy atom. The Morgan fingerprint density at radius 3 is 2.82 bits per heavy atom. The molecule has 0 aliphatic heterocycles. The minimum Gasteiger partial charge on any atom is -0.343 e. The van der Waals surface area contributed by atoms with Crippen LogP contribution in [0.4, 0.5) is 4.79 Å². The van der Waals surface area contributed by atoms with Gasteiger partial charge in [-0.15, -0.1) is 5.10 Å². The van der Waals surface area contributed by atoms with E-state index >= 15 is 0 Å². The summed E-state index contributed by atoms with van der Waals surface area (Å²) in [6.45, 7) is 2.38. The second kappa shape index (κ2) is 5.79. The first-order valence-corrected chi connectivity index (χ1v) is 6.63. The first-order valence-electron chi connectivity index (χ1n) is 5.04. The third-order valence-corrected chi connectivity index (χ3v) is 3.98. The van der Waals surface area contributed by atoms with Gasteiger partial charge in [-0.25, -0.2) is 0 Å². The fraction of sp³-hybridized carbons (Fsp3) is 0.182. The minimum absolute atomic E-state index is 0.0806. The molecular formula is C11H11N3OS2. The Bertz CT molecular complexity index is 498. The summed E-state index contributed by atoms with van der Waals surface area (Å²) in [6.07, 6.45) is 0. The third kappa shape index (κ3) is 3.54. The number of hydrogen-bond donors (Lipinski definition) is 1. The van der Waals surface area contributed by atoms with Crippen LogP contribution in [-0.2, 0) is 6.54 Å². The maximum absolute atomic E-state index is 11.6. The van der Waals surface area contributed by atoms with Crippen molar-refractivity contribution in [3.63, 3.8) is 0 Å². The normalized spacial score (nSPS) is 10.2. The van der Waals surface area contributed by atoms with Crippen LogP contribution in [0.2, 0.25) is 0 Å². The molecular weight excluding hydrogens is 254 g/mol. The summed E-state index contributed by atoms with van der Waals surface area (Å²) in [5.41, 5.74) is 1.88. The molecule has 1 aromatic carbocycles. The van der Waals surface area contributed by atoms with Crippen LogP contribution in [0.1, 0.15) is 11.3 Å². The summed E-state index contributed by atoms with van der Waals surface area (Å²) in [4.78, 5) is 11.6. The predicted molar refractivity (Wildman–Crippen MR) is 69.2 cm³/mol. The molecule has 1 amide bonds. The summed E-state index contributed by atoms with van der Waals surface area (Å²) < 4.78 is 4.63. The monoisotopic (exact) mass is 265 g/mol. The summed E-state index contributed by atoms with van der Waals surface area (Å²) in [5, 5.41) is 6.61. The van der Waals surface area contributed by atoms with E-state index < -0.39 is 0 Å². The van der Waals surface area contributed by atoms with E-state index in [-0.39, 0.29) is 5.24 Å². The molecule has 17 heavy (non-hydrogen) atoms. The van der Waals surface area contributed by atoms with Crippen molar-refractivity contribution in [3.8, 4) is 0 Å². The Kier molecular flexibility index (Phi) is 4.11. The second-order valence-electron chi connectivity index (χ2n) is 3.37. The predicted octanol–water partition coefficient (Wildman–Crippen LogP) is 2.85. The number of hydrogen-bond acceptors (Lipinski definition) is 5. The molecule has 0 spiro atoms. The number of rotatable bonds is 3. The molecule has 2 aromatic rings. The average molecular weight is 265 g/mol. The van der Waals surface area contributed by atoms with E-state index in [0.717, 1.165) is 27.2 Å². The first kappa shape index (κ1) is 12.1. The van der Waals surface area contributed by atoms with Crippen LogP contribution in [0.5, 0.6) is 0 Å². The summed E-state index contributed by atoms with van der Waals surface area (Å²) >= 11 is 2.38. The molecule has 0 saturated heterocycles. The van der Waals surface area contributed by atoms with Gasteiger partial charge in [0.1, 0.15) is 4.21 Å². The summed E-state index contributed by atoms with van der Waals surface area (Å²) in [5.74, 6) is 0. The fourth-order valence-electron chi connectivity index (χ4n) is 1.21. The highest BCUT2D eigenvalue weighted by atomic mass is 32.2. The van der Waals surface area contributed by atoms with E-state index in [1.807, 2.05) is 37.3 Å². The molecule has 1 heterocycles. The van der Waals surface area contributed by atoms with Crippen molar-refractivity contribution in [1.29, 1.82) is 0 Å². The molecule has 0 saturated carbocycles. The quantitative estimate of drug-likeness (QED) is 0.867. The van der Waals surface area contributed by atoms with Gasteiger partial charge in [0, 0.05) is 6.54 Å². The zero-order valence-corrected chi connectivity index (χ0v) is 10.8. The first-order chi connectivity index (χ1) is 8.25. The van der Waals surface area contributed by atoms with Gasteiger partial charge >= 0.3 is 0 Å². The molecule has 1 N–H and O–H groups in total. The number of carbonyl (C=O) groups excluding carboxylic acids is 1. The van der Waals surface area contributed by atoms with Crippen LogP contribution in [-0.4, -0.2) is 14.8 Å². The molecule has 2 rings (SSSR count). The lowest BCUT2D eigenvalue weighted by atomic mass is 10.2. The molecule has 88 valence electrons. The lowest BCUT2D eigenvalue weighted by Crippen LogP contribution is -2.17. The summed E-state index contributed by atoms with van der Waals surface area (Å²) in [6, 6.07) is 9.80. The van der Waals surface area contributed by atoms with Crippen LogP contribution in [0, 0.1) is 6.92 Å². The van der Waals surface area contributed by atoms with Crippen molar-refractivity contribution in [2.75, 3.05) is 0 Å². The third-order valence-electron chi connectivity index (χ3n) is 2.08. The molecule has 0 bridgehead atoms. The lowest BCUT2D eigenvalue weighted by Gasteiger charge is -2.03.